The highest BCUT2D eigenvalue weighted by Gasteiger charge is 2.43. The van der Waals surface area contributed by atoms with E-state index in [-0.39, 0.29) is 73.1 Å². The first-order valence-electron chi connectivity index (χ1n) is 14.8. The van der Waals surface area contributed by atoms with Crippen LogP contribution in [-0.4, -0.2) is 101 Å². The topological polar surface area (TPSA) is 148 Å². The van der Waals surface area contributed by atoms with Gasteiger partial charge >= 0.3 is 0 Å². The summed E-state index contributed by atoms with van der Waals surface area (Å²) < 4.78 is -0.103. The van der Waals surface area contributed by atoms with E-state index in [1.807, 2.05) is 57.6 Å². The Morgan fingerprint density at radius 1 is 0.938 bits per heavy atom. The summed E-state index contributed by atoms with van der Waals surface area (Å²) in [6.45, 7) is -0.565. The molecule has 0 radical (unpaired) electrons. The summed E-state index contributed by atoms with van der Waals surface area (Å²) in [7, 11) is 6.37. The molecule has 0 aliphatic carbocycles. The van der Waals surface area contributed by atoms with Gasteiger partial charge in [0.1, 0.15) is 21.8 Å². The number of nitrogens with one attached hydrogen (secondary N) is 3. The summed E-state index contributed by atoms with van der Waals surface area (Å²) in [4.78, 5) is 82.3. The highest BCUT2D eigenvalue weighted by Crippen LogP contribution is 2.49. The van der Waals surface area contributed by atoms with E-state index in [0.717, 1.165) is 21.2 Å². The van der Waals surface area contributed by atoms with Gasteiger partial charge in [0.05, 0.1) is 24.7 Å². The molecule has 2 aliphatic heterocycles. The lowest BCUT2D eigenvalue weighted by Gasteiger charge is -2.30. The van der Waals surface area contributed by atoms with E-state index in [0.29, 0.717) is 5.69 Å². The maximum atomic E-state index is 13.9. The first-order chi connectivity index (χ1) is 22.8. The van der Waals surface area contributed by atoms with Crippen molar-refractivity contribution in [1.29, 1.82) is 0 Å². The van der Waals surface area contributed by atoms with E-state index in [2.05, 4.69) is 91.5 Å². The molecule has 6 atom stereocenters. The molecule has 6 unspecified atom stereocenters. The van der Waals surface area contributed by atoms with Crippen molar-refractivity contribution >= 4 is 158 Å². The summed E-state index contributed by atoms with van der Waals surface area (Å²) >= 11 is 6.45. The Labute approximate surface area is 325 Å². The summed E-state index contributed by atoms with van der Waals surface area (Å²) in [5.74, 6) is -2.50. The zero-order valence-corrected chi connectivity index (χ0v) is 35.6. The van der Waals surface area contributed by atoms with Gasteiger partial charge in [0.15, 0.2) is 0 Å². The Morgan fingerprint density at radius 2 is 1.54 bits per heavy atom. The molecule has 2 aromatic carbocycles. The Kier molecular flexibility index (Phi) is 15.4. The quantitative estimate of drug-likeness (QED) is 0.0811. The van der Waals surface area contributed by atoms with E-state index in [1.54, 1.807) is 12.1 Å². The number of benzene rings is 2. The number of likely N-dealkylation sites (tertiary alicyclic amines) is 2. The van der Waals surface area contributed by atoms with Crippen molar-refractivity contribution in [2.45, 2.75) is 36.4 Å². The van der Waals surface area contributed by atoms with E-state index < -0.39 is 33.9 Å². The molecule has 21 heteroatoms. The van der Waals surface area contributed by atoms with Crippen LogP contribution >= 0.6 is 86.5 Å². The van der Waals surface area contributed by atoms with Crippen LogP contribution in [-0.2, 0) is 28.8 Å². The lowest BCUT2D eigenvalue weighted by molar-refractivity contribution is -0.145. The highest BCUT2D eigenvalue weighted by atomic mass is 127. The number of hydrogen-bond donors (Lipinski definition) is 3. The minimum atomic E-state index is -0.957. The van der Waals surface area contributed by atoms with Gasteiger partial charge in [-0.2, -0.15) is 9.12 Å². The molecule has 2 saturated heterocycles. The fraction of sp³-hybridized carbons (Fsp3) is 0.333. The van der Waals surface area contributed by atoms with Crippen molar-refractivity contribution < 1.29 is 28.8 Å². The Balaban J connectivity index is 1.44. The monoisotopic (exact) mass is 1040 g/mol. The molecular weight excluding hydrogens is 1010 g/mol. The van der Waals surface area contributed by atoms with Gasteiger partial charge in [-0.25, -0.2) is 0 Å². The lowest BCUT2D eigenvalue weighted by atomic mass is 9.84. The first kappa shape index (κ1) is 39.9. The number of imide groups is 2. The molecule has 2 aliphatic rings. The molecule has 2 aromatic rings. The van der Waals surface area contributed by atoms with Crippen LogP contribution in [0.4, 0.5) is 17.1 Å². The molecular formula is C27H33B3I3N6O6P3. The average molecular weight is 1040 g/mol. The van der Waals surface area contributed by atoms with Crippen molar-refractivity contribution in [3.63, 3.8) is 0 Å². The molecule has 0 bridgehead atoms. The van der Waals surface area contributed by atoms with Crippen LogP contribution in [0, 0.1) is 0 Å². The second-order valence-corrected chi connectivity index (χ2v) is 27.3. The van der Waals surface area contributed by atoms with Gasteiger partial charge in [0.25, 0.3) is 4.29 Å². The summed E-state index contributed by atoms with van der Waals surface area (Å²) in [6, 6.07) is 17.0. The van der Waals surface area contributed by atoms with Gasteiger partial charge in [0, 0.05) is 42.1 Å². The SMILES string of the molecule is BP(I)C(CC(=O)N(CNCN1C(=O)CC(B(P)I)C1=O)CN1C(=O)CC(P(B)I)C1=O)C(=O)Nc1ccc(Nc2ccccc2)cc1. The maximum absolute atomic E-state index is 13.9. The van der Waals surface area contributed by atoms with Crippen LogP contribution in [0.25, 0.3) is 0 Å². The van der Waals surface area contributed by atoms with Crippen LogP contribution in [0.1, 0.15) is 19.3 Å². The van der Waals surface area contributed by atoms with Gasteiger partial charge in [-0.3, -0.25) is 43.9 Å². The van der Waals surface area contributed by atoms with Crippen LogP contribution in [0.3, 0.4) is 0 Å². The number of carbonyl (C=O) groups is 6. The lowest BCUT2D eigenvalue weighted by Crippen LogP contribution is -2.51. The Morgan fingerprint density at radius 3 is 2.10 bits per heavy atom. The highest BCUT2D eigenvalue weighted by molar-refractivity contribution is 14.2. The van der Waals surface area contributed by atoms with E-state index in [9.17, 15) is 28.8 Å². The molecule has 2 fully saturated rings. The fourth-order valence-corrected chi connectivity index (χ4v) is 10.3. The fourth-order valence-electron chi connectivity index (χ4n) is 5.13. The Bertz CT molecular complexity index is 1540. The number of hydrogen-bond acceptors (Lipinski definition) is 8. The maximum Gasteiger partial charge on any atom is 0.252 e. The number of rotatable bonds is 15. The van der Waals surface area contributed by atoms with Crippen molar-refractivity contribution in [2.24, 2.45) is 0 Å². The van der Waals surface area contributed by atoms with Gasteiger partial charge in [0.2, 0.25) is 35.4 Å². The second kappa shape index (κ2) is 18.5. The molecule has 0 aromatic heterocycles. The van der Waals surface area contributed by atoms with E-state index in [1.165, 1.54) is 4.90 Å². The molecule has 0 spiro atoms. The Hall–Kier alpha value is -0.905. The predicted octanol–water partition coefficient (Wildman–Crippen LogP) is 3.23. The molecule has 4 rings (SSSR count). The van der Waals surface area contributed by atoms with Gasteiger partial charge in [-0.15, -0.1) is 22.4 Å². The standard InChI is InChI=1S/C27H33B3I3N6O6P3/c28-47(32)20(25(43)36-18-8-6-17(7-9-18)35-16-4-2-1-3-5-16)11-22(40)37(15-39-24(42)12-21(27(39)45)48(29)33)13-34-14-38-23(41)10-19(26(38)44)30(31)46/h1-9,19-21,34-35H,10-15,28-29,46H2,(H,36,43). The van der Waals surface area contributed by atoms with Crippen LogP contribution in [0.15, 0.2) is 54.6 Å². The van der Waals surface area contributed by atoms with Crippen molar-refractivity contribution in [1.82, 2.24) is 20.0 Å². The summed E-state index contributed by atoms with van der Waals surface area (Å²) in [5, 5.41) is 9.21. The van der Waals surface area contributed by atoms with Crippen LogP contribution < -0.4 is 16.0 Å². The molecule has 12 nitrogen and oxygen atoms in total. The number of anilines is 3. The zero-order valence-electron chi connectivity index (χ0n) is 26.1. The largest absolute Gasteiger partial charge is 0.356 e. The third-order valence-corrected chi connectivity index (χ3v) is 15.8. The molecule has 48 heavy (non-hydrogen) atoms. The molecule has 6 amide bonds. The van der Waals surface area contributed by atoms with Crippen LogP contribution in [0.5, 0.6) is 0 Å². The molecule has 0 saturated carbocycles. The predicted molar refractivity (Wildman–Crippen MR) is 227 cm³/mol. The molecule has 3 N–H and O–H groups in total. The summed E-state index contributed by atoms with van der Waals surface area (Å²) in [6.07, 6.45) is 0.0300. The molecule has 2 heterocycles. The minimum Gasteiger partial charge on any atom is -0.356 e. The number of carbonyl (C=O) groups excluding carboxylic acids is 6. The number of nitrogens with zero attached hydrogens (tertiary/aromatic N) is 3. The van der Waals surface area contributed by atoms with E-state index in [4.69, 9.17) is 0 Å². The third kappa shape index (κ3) is 10.6. The van der Waals surface area contributed by atoms with Gasteiger partial charge < -0.3 is 15.5 Å². The van der Waals surface area contributed by atoms with Crippen molar-refractivity contribution in [3.05, 3.63) is 54.6 Å². The smallest absolute Gasteiger partial charge is 0.252 e. The van der Waals surface area contributed by atoms with Crippen molar-refractivity contribution in [2.75, 3.05) is 30.6 Å². The second-order valence-electron chi connectivity index (χ2n) is 11.3. The number of halogens is 3. The first-order valence-corrected chi connectivity index (χ1v) is 26.0. The van der Waals surface area contributed by atoms with Crippen LogP contribution in [0.2, 0.25) is 5.82 Å². The third-order valence-electron chi connectivity index (χ3n) is 7.87. The summed E-state index contributed by atoms with van der Waals surface area (Å²) in [5.41, 5.74) is -0.429. The molecule has 252 valence electrons. The van der Waals surface area contributed by atoms with Crippen molar-refractivity contribution in [3.8, 4) is 0 Å². The van der Waals surface area contributed by atoms with Gasteiger partial charge in [-0.1, -0.05) is 73.2 Å². The van der Waals surface area contributed by atoms with Gasteiger partial charge in [-0.05, 0) is 36.4 Å². The number of para-hydroxylation sites is 1. The average Bonchev–Trinajstić information content (AvgIpc) is 3.49. The van der Waals surface area contributed by atoms with E-state index >= 15 is 0 Å². The number of amides is 6. The minimum absolute atomic E-state index is 0.0861. The zero-order chi connectivity index (χ0) is 35.1. The normalized spacial score (nSPS) is 19.7.